The summed E-state index contributed by atoms with van der Waals surface area (Å²) in [5.74, 6) is 0.327. The quantitative estimate of drug-likeness (QED) is 0.650. The lowest BCUT2D eigenvalue weighted by atomic mass is 9.83. The first kappa shape index (κ1) is 17.2. The third-order valence-electron chi connectivity index (χ3n) is 4.73. The van der Waals surface area contributed by atoms with Crippen molar-refractivity contribution in [1.29, 1.82) is 0 Å². The van der Waals surface area contributed by atoms with E-state index in [2.05, 4.69) is 67.7 Å². The van der Waals surface area contributed by atoms with Crippen LogP contribution in [0.4, 0.5) is 0 Å². The number of benzene rings is 3. The summed E-state index contributed by atoms with van der Waals surface area (Å²) in [5.41, 5.74) is 3.00. The molecule has 0 aromatic heterocycles. The van der Waals surface area contributed by atoms with Gasteiger partial charge in [0, 0.05) is 17.1 Å². The van der Waals surface area contributed by atoms with Crippen LogP contribution in [0.2, 0.25) is 0 Å². The monoisotopic (exact) mass is 331 g/mol. The van der Waals surface area contributed by atoms with E-state index < -0.39 is 0 Å². The van der Waals surface area contributed by atoms with Crippen molar-refractivity contribution in [3.63, 3.8) is 0 Å². The summed E-state index contributed by atoms with van der Waals surface area (Å²) < 4.78 is 0. The minimum absolute atomic E-state index is 0.162. The maximum absolute atomic E-state index is 10.5. The molecule has 0 saturated carbocycles. The van der Waals surface area contributed by atoms with Gasteiger partial charge in [0.1, 0.15) is 5.75 Å². The summed E-state index contributed by atoms with van der Waals surface area (Å²) in [6.07, 6.45) is 0.794. The first-order valence-electron chi connectivity index (χ1n) is 8.73. The second-order valence-electron chi connectivity index (χ2n) is 6.79. The zero-order valence-corrected chi connectivity index (χ0v) is 14.8. The van der Waals surface area contributed by atoms with E-state index in [0.29, 0.717) is 5.75 Å². The fourth-order valence-corrected chi connectivity index (χ4v) is 3.47. The molecule has 0 aliphatic rings. The third kappa shape index (κ3) is 4.09. The van der Waals surface area contributed by atoms with Gasteiger partial charge in [-0.05, 0) is 37.5 Å². The molecule has 0 bridgehead atoms. The highest BCUT2D eigenvalue weighted by Gasteiger charge is 2.31. The highest BCUT2D eigenvalue weighted by Crippen LogP contribution is 2.34. The second kappa shape index (κ2) is 7.54. The van der Waals surface area contributed by atoms with E-state index in [0.717, 1.165) is 12.0 Å². The molecule has 0 aliphatic carbocycles. The smallest absolute Gasteiger partial charge is 0.120 e. The number of nitrogens with one attached hydrogen (secondary N) is 1. The Morgan fingerprint density at radius 3 is 2.04 bits per heavy atom. The molecular formula is C23H25NO. The molecule has 0 fully saturated rings. The standard InChI is InChI=1S/C23H25NO/c1-18(20-13-7-4-8-14-20)24-23(2,17-19-11-5-3-6-12-19)21-15-9-10-16-22(21)25/h3-16,18,24-25H,17H2,1-2H3/t18-,23-/m1/s1. The molecule has 0 spiro atoms. The summed E-state index contributed by atoms with van der Waals surface area (Å²) >= 11 is 0. The first-order chi connectivity index (χ1) is 12.1. The predicted molar refractivity (Wildman–Crippen MR) is 104 cm³/mol. The number of rotatable bonds is 6. The minimum Gasteiger partial charge on any atom is -0.508 e. The van der Waals surface area contributed by atoms with Crippen LogP contribution in [-0.2, 0) is 12.0 Å². The van der Waals surface area contributed by atoms with Crippen LogP contribution >= 0.6 is 0 Å². The molecule has 0 unspecified atom stereocenters. The van der Waals surface area contributed by atoms with Crippen molar-refractivity contribution >= 4 is 0 Å². The second-order valence-corrected chi connectivity index (χ2v) is 6.79. The molecule has 3 rings (SSSR count). The zero-order chi connectivity index (χ0) is 17.7. The van der Waals surface area contributed by atoms with E-state index in [9.17, 15) is 5.11 Å². The summed E-state index contributed by atoms with van der Waals surface area (Å²) in [7, 11) is 0. The van der Waals surface area contributed by atoms with Gasteiger partial charge in [-0.2, -0.15) is 0 Å². The first-order valence-corrected chi connectivity index (χ1v) is 8.73. The Bertz CT molecular complexity index is 801. The van der Waals surface area contributed by atoms with Crippen molar-refractivity contribution < 1.29 is 5.11 Å². The van der Waals surface area contributed by atoms with Crippen molar-refractivity contribution in [1.82, 2.24) is 5.32 Å². The number of phenolic OH excluding ortho intramolecular Hbond substituents is 1. The molecule has 2 heteroatoms. The number of para-hydroxylation sites is 1. The van der Waals surface area contributed by atoms with Crippen molar-refractivity contribution in [2.75, 3.05) is 0 Å². The largest absolute Gasteiger partial charge is 0.508 e. The fourth-order valence-electron chi connectivity index (χ4n) is 3.47. The van der Waals surface area contributed by atoms with Gasteiger partial charge in [0.05, 0.1) is 0 Å². The topological polar surface area (TPSA) is 32.3 Å². The van der Waals surface area contributed by atoms with Crippen LogP contribution in [0, 0.1) is 0 Å². The van der Waals surface area contributed by atoms with Crippen LogP contribution in [0.15, 0.2) is 84.9 Å². The number of hydrogen-bond donors (Lipinski definition) is 2. The number of phenols is 1. The fraction of sp³-hybridized carbons (Fsp3) is 0.217. The van der Waals surface area contributed by atoms with Crippen LogP contribution in [0.1, 0.15) is 36.6 Å². The maximum Gasteiger partial charge on any atom is 0.120 e. The van der Waals surface area contributed by atoms with E-state index in [-0.39, 0.29) is 11.6 Å². The average Bonchev–Trinajstić information content (AvgIpc) is 2.63. The molecule has 0 amide bonds. The molecule has 0 radical (unpaired) electrons. The van der Waals surface area contributed by atoms with Gasteiger partial charge >= 0.3 is 0 Å². The average molecular weight is 331 g/mol. The molecule has 2 N–H and O–H groups in total. The molecule has 2 nitrogen and oxygen atoms in total. The summed E-state index contributed by atoms with van der Waals surface area (Å²) in [6.45, 7) is 4.33. The highest BCUT2D eigenvalue weighted by molar-refractivity contribution is 5.39. The zero-order valence-electron chi connectivity index (χ0n) is 14.8. The Balaban J connectivity index is 1.95. The molecule has 3 aromatic carbocycles. The Morgan fingerprint density at radius 2 is 1.40 bits per heavy atom. The number of aromatic hydroxyl groups is 1. The van der Waals surface area contributed by atoms with Crippen molar-refractivity contribution in [2.24, 2.45) is 0 Å². The van der Waals surface area contributed by atoms with Gasteiger partial charge in [0.2, 0.25) is 0 Å². The van der Waals surface area contributed by atoms with E-state index in [1.807, 2.05) is 30.3 Å². The Labute approximate surface area is 150 Å². The van der Waals surface area contributed by atoms with Crippen LogP contribution in [0.3, 0.4) is 0 Å². The van der Waals surface area contributed by atoms with Gasteiger partial charge in [0.25, 0.3) is 0 Å². The highest BCUT2D eigenvalue weighted by atomic mass is 16.3. The molecule has 0 saturated heterocycles. The van der Waals surface area contributed by atoms with Gasteiger partial charge in [-0.25, -0.2) is 0 Å². The van der Waals surface area contributed by atoms with Crippen LogP contribution in [0.5, 0.6) is 5.75 Å². The van der Waals surface area contributed by atoms with E-state index >= 15 is 0 Å². The summed E-state index contributed by atoms with van der Waals surface area (Å²) in [5, 5.41) is 14.2. The van der Waals surface area contributed by atoms with Crippen LogP contribution < -0.4 is 5.32 Å². The molecule has 0 heterocycles. The Morgan fingerprint density at radius 1 is 0.840 bits per heavy atom. The third-order valence-corrected chi connectivity index (χ3v) is 4.73. The molecule has 0 aliphatic heterocycles. The van der Waals surface area contributed by atoms with Crippen LogP contribution in [-0.4, -0.2) is 5.11 Å². The lowest BCUT2D eigenvalue weighted by Gasteiger charge is -2.35. The normalized spacial score (nSPS) is 14.6. The van der Waals surface area contributed by atoms with Crippen LogP contribution in [0.25, 0.3) is 0 Å². The van der Waals surface area contributed by atoms with Gasteiger partial charge in [-0.1, -0.05) is 78.9 Å². The van der Waals surface area contributed by atoms with E-state index in [4.69, 9.17) is 0 Å². The molecular weight excluding hydrogens is 306 g/mol. The molecule has 128 valence electrons. The van der Waals surface area contributed by atoms with Crippen molar-refractivity contribution in [3.8, 4) is 5.75 Å². The van der Waals surface area contributed by atoms with Crippen molar-refractivity contribution in [3.05, 3.63) is 102 Å². The van der Waals surface area contributed by atoms with E-state index in [1.54, 1.807) is 6.07 Å². The molecule has 3 aromatic rings. The lowest BCUT2D eigenvalue weighted by molar-refractivity contribution is 0.311. The lowest BCUT2D eigenvalue weighted by Crippen LogP contribution is -2.43. The van der Waals surface area contributed by atoms with Gasteiger partial charge < -0.3 is 10.4 Å². The molecule has 2 atom stereocenters. The molecule has 25 heavy (non-hydrogen) atoms. The number of hydrogen-bond acceptors (Lipinski definition) is 2. The summed E-state index contributed by atoms with van der Waals surface area (Å²) in [4.78, 5) is 0. The SMILES string of the molecule is C[C@@H](N[C@](C)(Cc1ccccc1)c1ccccc1O)c1ccccc1. The Hall–Kier alpha value is -2.58. The predicted octanol–water partition coefficient (Wildman–Crippen LogP) is 5.20. The van der Waals surface area contributed by atoms with E-state index in [1.165, 1.54) is 11.1 Å². The van der Waals surface area contributed by atoms with Gasteiger partial charge in [0.15, 0.2) is 0 Å². The van der Waals surface area contributed by atoms with Gasteiger partial charge in [-0.3, -0.25) is 0 Å². The van der Waals surface area contributed by atoms with Gasteiger partial charge in [-0.15, -0.1) is 0 Å². The minimum atomic E-state index is -0.387. The Kier molecular flexibility index (Phi) is 5.20. The van der Waals surface area contributed by atoms with Crippen molar-refractivity contribution in [2.45, 2.75) is 31.8 Å². The summed E-state index contributed by atoms with van der Waals surface area (Å²) in [6, 6.07) is 28.6. The maximum atomic E-state index is 10.5.